The number of methoxy groups -OCH3 is 1. The fourth-order valence-corrected chi connectivity index (χ4v) is 4.44. The standard InChI is InChI=1S/C22H26N4O4S2/c1-13(2)11-30-16-8-6-15(7-9-16)19-24-25-22(26(19)4)31-12-18(27)23-20-17(21(28)29-5)10-14(3)32-20/h6-10,13H,11-12H2,1-5H3,(H,23,27). The average molecular weight is 475 g/mol. The Morgan fingerprint density at radius 2 is 1.94 bits per heavy atom. The average Bonchev–Trinajstić information content (AvgIpc) is 3.32. The number of thiophene rings is 1. The number of ether oxygens (including phenoxy) is 2. The van der Waals surface area contributed by atoms with Crippen LogP contribution in [-0.4, -0.2) is 46.1 Å². The summed E-state index contributed by atoms with van der Waals surface area (Å²) in [6.07, 6.45) is 0. The minimum Gasteiger partial charge on any atom is -0.493 e. The maximum atomic E-state index is 12.4. The molecule has 2 heterocycles. The lowest BCUT2D eigenvalue weighted by Gasteiger charge is -2.09. The summed E-state index contributed by atoms with van der Waals surface area (Å²) in [4.78, 5) is 25.2. The van der Waals surface area contributed by atoms with E-state index in [1.165, 1.54) is 30.2 Å². The van der Waals surface area contributed by atoms with E-state index in [0.717, 1.165) is 16.2 Å². The van der Waals surface area contributed by atoms with Crippen LogP contribution in [0, 0.1) is 12.8 Å². The molecule has 0 atom stereocenters. The molecule has 0 bridgehead atoms. The number of benzene rings is 1. The van der Waals surface area contributed by atoms with Gasteiger partial charge >= 0.3 is 5.97 Å². The van der Waals surface area contributed by atoms with Gasteiger partial charge in [0.2, 0.25) is 5.91 Å². The van der Waals surface area contributed by atoms with Gasteiger partial charge in [0.1, 0.15) is 10.8 Å². The van der Waals surface area contributed by atoms with Gasteiger partial charge in [-0.2, -0.15) is 0 Å². The number of aromatic nitrogens is 3. The second kappa shape index (κ2) is 10.6. The Morgan fingerprint density at radius 3 is 2.59 bits per heavy atom. The number of nitrogens with one attached hydrogen (secondary N) is 1. The summed E-state index contributed by atoms with van der Waals surface area (Å²) in [5, 5.41) is 12.4. The highest BCUT2D eigenvalue weighted by molar-refractivity contribution is 7.99. The molecule has 0 saturated carbocycles. The first-order valence-electron chi connectivity index (χ1n) is 10.0. The fraction of sp³-hybridized carbons (Fsp3) is 0.364. The predicted octanol–water partition coefficient (Wildman–Crippen LogP) is 4.40. The summed E-state index contributed by atoms with van der Waals surface area (Å²) in [6, 6.07) is 9.40. The van der Waals surface area contributed by atoms with Gasteiger partial charge in [0, 0.05) is 17.5 Å². The summed E-state index contributed by atoms with van der Waals surface area (Å²) in [5.41, 5.74) is 1.26. The molecule has 8 nitrogen and oxygen atoms in total. The summed E-state index contributed by atoms with van der Waals surface area (Å²) in [5.74, 6) is 1.39. The van der Waals surface area contributed by atoms with E-state index in [2.05, 4.69) is 29.4 Å². The molecule has 0 saturated heterocycles. The van der Waals surface area contributed by atoms with Crippen molar-refractivity contribution in [3.05, 3.63) is 40.8 Å². The van der Waals surface area contributed by atoms with Crippen molar-refractivity contribution < 1.29 is 19.1 Å². The number of anilines is 1. The Kier molecular flexibility index (Phi) is 7.92. The lowest BCUT2D eigenvalue weighted by Crippen LogP contribution is -2.16. The van der Waals surface area contributed by atoms with E-state index in [0.29, 0.717) is 34.1 Å². The summed E-state index contributed by atoms with van der Waals surface area (Å²) < 4.78 is 12.3. The van der Waals surface area contributed by atoms with Crippen LogP contribution in [0.4, 0.5) is 5.00 Å². The van der Waals surface area contributed by atoms with Crippen molar-refractivity contribution in [1.29, 1.82) is 0 Å². The Bertz CT molecular complexity index is 1090. The van der Waals surface area contributed by atoms with E-state index < -0.39 is 5.97 Å². The molecule has 32 heavy (non-hydrogen) atoms. The normalized spacial score (nSPS) is 10.9. The Balaban J connectivity index is 1.62. The molecule has 0 aliphatic rings. The third kappa shape index (κ3) is 5.89. The van der Waals surface area contributed by atoms with E-state index in [4.69, 9.17) is 9.47 Å². The third-order valence-corrected chi connectivity index (χ3v) is 6.36. The highest BCUT2D eigenvalue weighted by Gasteiger charge is 2.18. The van der Waals surface area contributed by atoms with Crippen LogP contribution >= 0.6 is 23.1 Å². The Hall–Kier alpha value is -2.85. The molecular formula is C22H26N4O4S2. The topological polar surface area (TPSA) is 95.3 Å². The van der Waals surface area contributed by atoms with E-state index in [9.17, 15) is 9.59 Å². The molecule has 1 amide bonds. The van der Waals surface area contributed by atoms with E-state index >= 15 is 0 Å². The molecule has 3 aromatic rings. The number of esters is 1. The maximum Gasteiger partial charge on any atom is 0.340 e. The molecule has 2 aromatic heterocycles. The number of thioether (sulfide) groups is 1. The van der Waals surface area contributed by atoms with Gasteiger partial charge in [-0.3, -0.25) is 4.79 Å². The molecule has 0 unspecified atom stereocenters. The number of amides is 1. The van der Waals surface area contributed by atoms with Crippen LogP contribution in [0.15, 0.2) is 35.5 Å². The van der Waals surface area contributed by atoms with Gasteiger partial charge < -0.3 is 19.4 Å². The smallest absolute Gasteiger partial charge is 0.340 e. The second-order valence-electron chi connectivity index (χ2n) is 7.52. The van der Waals surface area contributed by atoms with Crippen LogP contribution in [0.2, 0.25) is 0 Å². The molecular weight excluding hydrogens is 448 g/mol. The van der Waals surface area contributed by atoms with Gasteiger partial charge in [0.15, 0.2) is 11.0 Å². The summed E-state index contributed by atoms with van der Waals surface area (Å²) in [6.45, 7) is 6.74. The van der Waals surface area contributed by atoms with Gasteiger partial charge in [-0.1, -0.05) is 25.6 Å². The lowest BCUT2D eigenvalue weighted by atomic mass is 10.2. The predicted molar refractivity (Wildman–Crippen MR) is 127 cm³/mol. The van der Waals surface area contributed by atoms with Gasteiger partial charge in [0.25, 0.3) is 0 Å². The minimum atomic E-state index is -0.476. The quantitative estimate of drug-likeness (QED) is 0.363. The first-order valence-corrected chi connectivity index (χ1v) is 11.8. The maximum absolute atomic E-state index is 12.4. The van der Waals surface area contributed by atoms with Crippen LogP contribution in [0.3, 0.4) is 0 Å². The molecule has 1 aromatic carbocycles. The zero-order valence-corrected chi connectivity index (χ0v) is 20.3. The molecule has 0 aliphatic carbocycles. The monoisotopic (exact) mass is 474 g/mol. The molecule has 0 fully saturated rings. The van der Waals surface area contributed by atoms with Gasteiger partial charge in [-0.25, -0.2) is 4.79 Å². The highest BCUT2D eigenvalue weighted by atomic mass is 32.2. The lowest BCUT2D eigenvalue weighted by molar-refractivity contribution is -0.113. The van der Waals surface area contributed by atoms with Crippen molar-refractivity contribution in [2.75, 3.05) is 24.8 Å². The van der Waals surface area contributed by atoms with Crippen molar-refractivity contribution in [2.45, 2.75) is 25.9 Å². The van der Waals surface area contributed by atoms with Crippen molar-refractivity contribution in [3.63, 3.8) is 0 Å². The molecule has 170 valence electrons. The van der Waals surface area contributed by atoms with Crippen molar-refractivity contribution in [1.82, 2.24) is 14.8 Å². The summed E-state index contributed by atoms with van der Waals surface area (Å²) >= 11 is 2.61. The minimum absolute atomic E-state index is 0.130. The van der Waals surface area contributed by atoms with Gasteiger partial charge in [0.05, 0.1) is 25.0 Å². The Labute approximate surface area is 195 Å². The number of carbonyl (C=O) groups excluding carboxylic acids is 2. The van der Waals surface area contributed by atoms with E-state index in [-0.39, 0.29) is 11.7 Å². The molecule has 10 heteroatoms. The number of hydrogen-bond acceptors (Lipinski definition) is 8. The van der Waals surface area contributed by atoms with E-state index in [1.807, 2.05) is 42.8 Å². The van der Waals surface area contributed by atoms with Gasteiger partial charge in [-0.15, -0.1) is 21.5 Å². The first-order chi connectivity index (χ1) is 15.3. The number of carbonyl (C=O) groups is 2. The first kappa shape index (κ1) is 23.8. The molecule has 3 rings (SSSR count). The van der Waals surface area contributed by atoms with Crippen molar-refractivity contribution >= 4 is 40.0 Å². The van der Waals surface area contributed by atoms with Crippen LogP contribution in [-0.2, 0) is 16.6 Å². The third-order valence-electron chi connectivity index (χ3n) is 4.38. The van der Waals surface area contributed by atoms with Crippen LogP contribution < -0.4 is 10.1 Å². The highest BCUT2D eigenvalue weighted by Crippen LogP contribution is 2.29. The number of rotatable bonds is 9. The van der Waals surface area contributed by atoms with E-state index in [1.54, 1.807) is 6.07 Å². The molecule has 0 aliphatic heterocycles. The SMILES string of the molecule is COC(=O)c1cc(C)sc1NC(=O)CSc1nnc(-c2ccc(OCC(C)C)cc2)n1C. The van der Waals surface area contributed by atoms with Crippen molar-refractivity contribution in [3.8, 4) is 17.1 Å². The fourth-order valence-electron chi connectivity index (χ4n) is 2.82. The van der Waals surface area contributed by atoms with Gasteiger partial charge in [-0.05, 0) is 43.2 Å². The number of nitrogens with zero attached hydrogens (tertiary/aromatic N) is 3. The van der Waals surface area contributed by atoms with Crippen LogP contribution in [0.5, 0.6) is 5.75 Å². The molecule has 0 radical (unpaired) electrons. The zero-order chi connectivity index (χ0) is 23.3. The number of hydrogen-bond donors (Lipinski definition) is 1. The molecule has 1 N–H and O–H groups in total. The zero-order valence-electron chi connectivity index (χ0n) is 18.7. The van der Waals surface area contributed by atoms with Crippen LogP contribution in [0.1, 0.15) is 29.1 Å². The van der Waals surface area contributed by atoms with Crippen molar-refractivity contribution in [2.24, 2.45) is 13.0 Å². The Morgan fingerprint density at radius 1 is 1.22 bits per heavy atom. The largest absolute Gasteiger partial charge is 0.493 e. The summed E-state index contributed by atoms with van der Waals surface area (Å²) in [7, 11) is 3.17. The second-order valence-corrected chi connectivity index (χ2v) is 9.72. The number of aryl methyl sites for hydroxylation is 1. The molecule has 0 spiro atoms. The van der Waals surface area contributed by atoms with Crippen LogP contribution in [0.25, 0.3) is 11.4 Å².